The fourth-order valence-corrected chi connectivity index (χ4v) is 3.88. The monoisotopic (exact) mass is 327 g/mol. The molecule has 0 spiro atoms. The summed E-state index contributed by atoms with van der Waals surface area (Å²) in [5, 5.41) is 5.38. The van der Waals surface area contributed by atoms with Crippen LogP contribution in [0.5, 0.6) is 5.88 Å². The Balaban J connectivity index is 1.86. The molecule has 7 nitrogen and oxygen atoms in total. The van der Waals surface area contributed by atoms with Crippen molar-refractivity contribution in [2.24, 2.45) is 0 Å². The molecule has 0 aliphatic carbocycles. The number of rotatable bonds is 5. The number of amides is 2. The van der Waals surface area contributed by atoms with Crippen molar-refractivity contribution in [2.75, 3.05) is 11.5 Å². The summed E-state index contributed by atoms with van der Waals surface area (Å²) in [6.45, 7) is 4.07. The summed E-state index contributed by atoms with van der Waals surface area (Å²) in [5.41, 5.74) is 0.769. The lowest BCUT2D eigenvalue weighted by atomic mass is 10.2. The van der Waals surface area contributed by atoms with Gasteiger partial charge in [-0.2, -0.15) is 0 Å². The fraction of sp³-hybridized carbons (Fsp3) is 0.571. The molecule has 1 saturated heterocycles. The van der Waals surface area contributed by atoms with E-state index in [0.717, 1.165) is 5.56 Å². The van der Waals surface area contributed by atoms with Crippen molar-refractivity contribution in [1.82, 2.24) is 15.6 Å². The number of hydrogen-bond acceptors (Lipinski definition) is 5. The molecular formula is C14H21N3O4S. The summed E-state index contributed by atoms with van der Waals surface area (Å²) in [5.74, 6) is 0.628. The number of carbonyl (C=O) groups is 1. The second-order valence-corrected chi connectivity index (χ2v) is 7.79. The highest BCUT2D eigenvalue weighted by atomic mass is 32.2. The first-order chi connectivity index (χ1) is 10.4. The van der Waals surface area contributed by atoms with Crippen LogP contribution in [-0.2, 0) is 16.4 Å². The third kappa shape index (κ3) is 4.87. The molecule has 1 fully saturated rings. The van der Waals surface area contributed by atoms with Crippen LogP contribution in [-0.4, -0.2) is 43.1 Å². The van der Waals surface area contributed by atoms with E-state index in [-0.39, 0.29) is 36.2 Å². The van der Waals surface area contributed by atoms with E-state index in [1.54, 1.807) is 12.3 Å². The van der Waals surface area contributed by atoms with Crippen LogP contribution in [0.3, 0.4) is 0 Å². The third-order valence-electron chi connectivity index (χ3n) is 3.20. The van der Waals surface area contributed by atoms with Crippen molar-refractivity contribution in [2.45, 2.75) is 39.0 Å². The highest BCUT2D eigenvalue weighted by Crippen LogP contribution is 2.15. The Labute approximate surface area is 130 Å². The van der Waals surface area contributed by atoms with Gasteiger partial charge >= 0.3 is 6.03 Å². The summed E-state index contributed by atoms with van der Waals surface area (Å²) in [6.07, 6.45) is 2.08. The quantitative estimate of drug-likeness (QED) is 0.836. The van der Waals surface area contributed by atoms with Crippen LogP contribution in [0, 0.1) is 0 Å². The molecule has 2 amide bonds. The summed E-state index contributed by atoms with van der Waals surface area (Å²) in [6, 6.07) is 2.89. The van der Waals surface area contributed by atoms with Crippen LogP contribution in [0.4, 0.5) is 4.79 Å². The molecule has 1 aromatic rings. The minimum atomic E-state index is -3.00. The maximum Gasteiger partial charge on any atom is 0.315 e. The Bertz CT molecular complexity index is 631. The van der Waals surface area contributed by atoms with E-state index in [2.05, 4.69) is 15.6 Å². The van der Waals surface area contributed by atoms with Gasteiger partial charge in [-0.1, -0.05) is 6.07 Å². The van der Waals surface area contributed by atoms with Gasteiger partial charge in [-0.05, 0) is 26.3 Å². The highest BCUT2D eigenvalue weighted by Gasteiger charge is 2.28. The first-order valence-corrected chi connectivity index (χ1v) is 9.03. The van der Waals surface area contributed by atoms with Gasteiger partial charge in [0, 0.05) is 24.3 Å². The second kappa shape index (κ2) is 6.95. The van der Waals surface area contributed by atoms with Gasteiger partial charge in [0.2, 0.25) is 5.88 Å². The molecule has 0 aromatic carbocycles. The van der Waals surface area contributed by atoms with Crippen molar-refractivity contribution in [3.05, 3.63) is 23.9 Å². The summed E-state index contributed by atoms with van der Waals surface area (Å²) in [7, 11) is -3.00. The SMILES string of the molecule is CC(C)Oc1ncccc1CNC(=O)N[C@H]1CCS(=O)(=O)C1. The van der Waals surface area contributed by atoms with E-state index in [9.17, 15) is 13.2 Å². The Kier molecular flexibility index (Phi) is 5.23. The van der Waals surface area contributed by atoms with Crippen LogP contribution in [0.1, 0.15) is 25.8 Å². The molecule has 122 valence electrons. The van der Waals surface area contributed by atoms with Gasteiger partial charge in [0.15, 0.2) is 9.84 Å². The van der Waals surface area contributed by atoms with Gasteiger partial charge in [-0.25, -0.2) is 18.2 Å². The van der Waals surface area contributed by atoms with Crippen LogP contribution in [0.25, 0.3) is 0 Å². The number of sulfone groups is 1. The minimum absolute atomic E-state index is 0.00817. The number of carbonyl (C=O) groups excluding carboxylic acids is 1. The van der Waals surface area contributed by atoms with E-state index < -0.39 is 9.84 Å². The smallest absolute Gasteiger partial charge is 0.315 e. The predicted octanol–water partition coefficient (Wildman–Crippen LogP) is 0.855. The maximum absolute atomic E-state index is 11.8. The van der Waals surface area contributed by atoms with Gasteiger partial charge in [0.05, 0.1) is 17.6 Å². The first kappa shape index (κ1) is 16.5. The number of ether oxygens (including phenoxy) is 1. The van der Waals surface area contributed by atoms with Crippen LogP contribution >= 0.6 is 0 Å². The topological polar surface area (TPSA) is 97.4 Å². The minimum Gasteiger partial charge on any atom is -0.475 e. The number of urea groups is 1. The molecule has 0 radical (unpaired) electrons. The molecule has 1 aliphatic heterocycles. The van der Waals surface area contributed by atoms with E-state index in [1.165, 1.54) is 0 Å². The molecular weight excluding hydrogens is 306 g/mol. The zero-order valence-corrected chi connectivity index (χ0v) is 13.5. The zero-order chi connectivity index (χ0) is 16.2. The normalized spacial score (nSPS) is 19.9. The first-order valence-electron chi connectivity index (χ1n) is 7.21. The molecule has 2 heterocycles. The van der Waals surface area contributed by atoms with Crippen molar-refractivity contribution in [3.63, 3.8) is 0 Å². The highest BCUT2D eigenvalue weighted by molar-refractivity contribution is 7.91. The zero-order valence-electron chi connectivity index (χ0n) is 12.7. The fourth-order valence-electron chi connectivity index (χ4n) is 2.21. The second-order valence-electron chi connectivity index (χ2n) is 5.56. The third-order valence-corrected chi connectivity index (χ3v) is 4.97. The summed E-state index contributed by atoms with van der Waals surface area (Å²) in [4.78, 5) is 16.0. The lowest BCUT2D eigenvalue weighted by Gasteiger charge is -2.15. The molecule has 2 N–H and O–H groups in total. The molecule has 2 rings (SSSR count). The lowest BCUT2D eigenvalue weighted by Crippen LogP contribution is -2.42. The van der Waals surface area contributed by atoms with E-state index in [0.29, 0.717) is 12.3 Å². The van der Waals surface area contributed by atoms with Crippen LogP contribution < -0.4 is 15.4 Å². The largest absolute Gasteiger partial charge is 0.475 e. The van der Waals surface area contributed by atoms with Gasteiger partial charge in [0.1, 0.15) is 0 Å². The summed E-state index contributed by atoms with van der Waals surface area (Å²) < 4.78 is 28.3. The van der Waals surface area contributed by atoms with Crippen molar-refractivity contribution in [3.8, 4) is 5.88 Å². The van der Waals surface area contributed by atoms with E-state index >= 15 is 0 Å². The van der Waals surface area contributed by atoms with Crippen molar-refractivity contribution >= 4 is 15.9 Å². The van der Waals surface area contributed by atoms with Gasteiger partial charge < -0.3 is 15.4 Å². The summed E-state index contributed by atoms with van der Waals surface area (Å²) >= 11 is 0. The van der Waals surface area contributed by atoms with Crippen LogP contribution in [0.2, 0.25) is 0 Å². The maximum atomic E-state index is 11.8. The standard InChI is InChI=1S/C14H21N3O4S/c1-10(2)21-13-11(4-3-6-15-13)8-16-14(18)17-12-5-7-22(19,20)9-12/h3-4,6,10,12H,5,7-9H2,1-2H3,(H2,16,17,18)/t12-/m0/s1. The lowest BCUT2D eigenvalue weighted by molar-refractivity contribution is 0.228. The van der Waals surface area contributed by atoms with Crippen molar-refractivity contribution < 1.29 is 17.9 Å². The molecule has 0 bridgehead atoms. The molecule has 8 heteroatoms. The average molecular weight is 327 g/mol. The number of nitrogens with one attached hydrogen (secondary N) is 2. The molecule has 1 aromatic heterocycles. The van der Waals surface area contributed by atoms with Crippen LogP contribution in [0.15, 0.2) is 18.3 Å². The number of aromatic nitrogens is 1. The molecule has 22 heavy (non-hydrogen) atoms. The Morgan fingerprint density at radius 3 is 2.91 bits per heavy atom. The Morgan fingerprint density at radius 2 is 2.27 bits per heavy atom. The molecule has 1 atom stereocenters. The van der Waals surface area contributed by atoms with E-state index in [4.69, 9.17) is 4.74 Å². The van der Waals surface area contributed by atoms with Crippen molar-refractivity contribution in [1.29, 1.82) is 0 Å². The number of nitrogens with zero attached hydrogens (tertiary/aromatic N) is 1. The Morgan fingerprint density at radius 1 is 1.50 bits per heavy atom. The van der Waals surface area contributed by atoms with Gasteiger partial charge in [0.25, 0.3) is 0 Å². The van der Waals surface area contributed by atoms with E-state index in [1.807, 2.05) is 19.9 Å². The molecule has 0 unspecified atom stereocenters. The molecule has 1 aliphatic rings. The average Bonchev–Trinajstić information content (AvgIpc) is 2.76. The Hall–Kier alpha value is -1.83. The molecule has 0 saturated carbocycles. The predicted molar refractivity (Wildman–Crippen MR) is 82.4 cm³/mol. The number of hydrogen-bond donors (Lipinski definition) is 2. The van der Waals surface area contributed by atoms with Gasteiger partial charge in [-0.3, -0.25) is 0 Å². The number of pyridine rings is 1. The van der Waals surface area contributed by atoms with Gasteiger partial charge in [-0.15, -0.1) is 0 Å².